The molecule has 2 rings (SSSR count). The molecule has 0 saturated carbocycles. The highest BCUT2D eigenvalue weighted by Crippen LogP contribution is 2.30. The third kappa shape index (κ3) is 3.51. The molecule has 2 N–H and O–H groups in total. The summed E-state index contributed by atoms with van der Waals surface area (Å²) >= 11 is 3.38. The monoisotopic (exact) mass is 319 g/mol. The van der Waals surface area contributed by atoms with Crippen LogP contribution in [0.4, 0.5) is 5.69 Å². The van der Waals surface area contributed by atoms with E-state index in [-0.39, 0.29) is 0 Å². The molecule has 1 atom stereocenters. The average Bonchev–Trinajstić information content (AvgIpc) is 2.42. The molecular formula is C16H18BrNO. The maximum atomic E-state index is 5.91. The Morgan fingerprint density at radius 2 is 1.84 bits per heavy atom. The van der Waals surface area contributed by atoms with E-state index in [9.17, 15) is 0 Å². The molecule has 2 aromatic carbocycles. The Kier molecular flexibility index (Phi) is 4.48. The predicted octanol–water partition coefficient (Wildman–Crippen LogP) is 5.34. The molecule has 1 unspecified atom stereocenters. The summed E-state index contributed by atoms with van der Waals surface area (Å²) in [4.78, 5) is 0. The summed E-state index contributed by atoms with van der Waals surface area (Å²) in [6.07, 6.45) is 1.14. The minimum atomic E-state index is 0.576. The summed E-state index contributed by atoms with van der Waals surface area (Å²) in [5, 5.41) is 0. The van der Waals surface area contributed by atoms with Crippen LogP contribution in [0.2, 0.25) is 0 Å². The van der Waals surface area contributed by atoms with Crippen molar-refractivity contribution in [2.45, 2.75) is 26.2 Å². The Morgan fingerprint density at radius 3 is 2.42 bits per heavy atom. The fourth-order valence-electron chi connectivity index (χ4n) is 1.84. The summed E-state index contributed by atoms with van der Waals surface area (Å²) in [5.41, 5.74) is 7.87. The van der Waals surface area contributed by atoms with E-state index < -0.39 is 0 Å². The lowest BCUT2D eigenvalue weighted by Gasteiger charge is -2.11. The molecule has 0 bridgehead atoms. The molecule has 0 saturated heterocycles. The van der Waals surface area contributed by atoms with Gasteiger partial charge in [0.05, 0.1) is 5.69 Å². The van der Waals surface area contributed by atoms with E-state index in [1.165, 1.54) is 5.56 Å². The van der Waals surface area contributed by atoms with Crippen LogP contribution in [0.5, 0.6) is 11.5 Å². The van der Waals surface area contributed by atoms with Gasteiger partial charge in [0.1, 0.15) is 11.5 Å². The van der Waals surface area contributed by atoms with Crippen molar-refractivity contribution in [1.29, 1.82) is 0 Å². The van der Waals surface area contributed by atoms with Crippen molar-refractivity contribution in [2.75, 3.05) is 5.73 Å². The van der Waals surface area contributed by atoms with Crippen LogP contribution < -0.4 is 10.5 Å². The Hall–Kier alpha value is -1.48. The van der Waals surface area contributed by atoms with Crippen LogP contribution in [-0.2, 0) is 0 Å². The third-order valence-electron chi connectivity index (χ3n) is 3.26. The normalized spacial score (nSPS) is 12.2. The second-order valence-corrected chi connectivity index (χ2v) is 5.58. The molecule has 0 aliphatic heterocycles. The van der Waals surface area contributed by atoms with Crippen molar-refractivity contribution < 1.29 is 4.74 Å². The summed E-state index contributed by atoms with van der Waals surface area (Å²) in [5.74, 6) is 2.06. The number of anilines is 1. The van der Waals surface area contributed by atoms with E-state index in [1.54, 1.807) is 0 Å². The van der Waals surface area contributed by atoms with Crippen LogP contribution in [0.25, 0.3) is 0 Å². The first-order valence-corrected chi connectivity index (χ1v) is 7.22. The number of rotatable bonds is 4. The SMILES string of the molecule is CCC(C)c1ccc(Oc2ccc(Br)cc2N)cc1. The molecule has 0 spiro atoms. The average molecular weight is 320 g/mol. The zero-order chi connectivity index (χ0) is 13.8. The van der Waals surface area contributed by atoms with Gasteiger partial charge in [-0.05, 0) is 48.2 Å². The van der Waals surface area contributed by atoms with Crippen LogP contribution in [0, 0.1) is 0 Å². The van der Waals surface area contributed by atoms with Crippen molar-refractivity contribution in [1.82, 2.24) is 0 Å². The first-order chi connectivity index (χ1) is 9.10. The molecule has 3 heteroatoms. The van der Waals surface area contributed by atoms with Crippen LogP contribution in [0.1, 0.15) is 31.7 Å². The van der Waals surface area contributed by atoms with Gasteiger partial charge in [-0.1, -0.05) is 41.9 Å². The Balaban J connectivity index is 2.15. The van der Waals surface area contributed by atoms with Gasteiger partial charge in [0.2, 0.25) is 0 Å². The van der Waals surface area contributed by atoms with E-state index in [1.807, 2.05) is 30.3 Å². The number of hydrogen-bond donors (Lipinski definition) is 1. The summed E-state index contributed by atoms with van der Waals surface area (Å²) < 4.78 is 6.74. The fraction of sp³-hybridized carbons (Fsp3) is 0.250. The lowest BCUT2D eigenvalue weighted by atomic mass is 9.99. The highest BCUT2D eigenvalue weighted by Gasteiger charge is 2.05. The molecule has 0 amide bonds. The van der Waals surface area contributed by atoms with Crippen molar-refractivity contribution >= 4 is 21.6 Å². The summed E-state index contributed by atoms with van der Waals surface area (Å²) in [6.45, 7) is 4.42. The fourth-order valence-corrected chi connectivity index (χ4v) is 2.22. The van der Waals surface area contributed by atoms with Crippen molar-refractivity contribution in [3.63, 3.8) is 0 Å². The van der Waals surface area contributed by atoms with E-state index in [2.05, 4.69) is 41.9 Å². The van der Waals surface area contributed by atoms with E-state index in [0.717, 1.165) is 16.6 Å². The Labute approximate surface area is 122 Å². The van der Waals surface area contributed by atoms with Crippen molar-refractivity contribution in [3.8, 4) is 11.5 Å². The van der Waals surface area contributed by atoms with Crippen molar-refractivity contribution in [2.24, 2.45) is 0 Å². The molecule has 0 heterocycles. The molecule has 0 fully saturated rings. The second-order valence-electron chi connectivity index (χ2n) is 4.66. The highest BCUT2D eigenvalue weighted by atomic mass is 79.9. The Bertz CT molecular complexity index is 551. The second kappa shape index (κ2) is 6.11. The van der Waals surface area contributed by atoms with Crippen molar-refractivity contribution in [3.05, 3.63) is 52.5 Å². The number of nitrogens with two attached hydrogens (primary N) is 1. The molecule has 0 aliphatic carbocycles. The minimum absolute atomic E-state index is 0.576. The van der Waals surface area contributed by atoms with Crippen LogP contribution in [-0.4, -0.2) is 0 Å². The van der Waals surface area contributed by atoms with Gasteiger partial charge in [0, 0.05) is 4.47 Å². The van der Waals surface area contributed by atoms with Gasteiger partial charge in [-0.25, -0.2) is 0 Å². The highest BCUT2D eigenvalue weighted by molar-refractivity contribution is 9.10. The predicted molar refractivity (Wildman–Crippen MR) is 83.8 cm³/mol. The van der Waals surface area contributed by atoms with Gasteiger partial charge in [-0.2, -0.15) is 0 Å². The zero-order valence-corrected chi connectivity index (χ0v) is 12.8. The van der Waals surface area contributed by atoms with E-state index in [0.29, 0.717) is 17.4 Å². The quantitative estimate of drug-likeness (QED) is 0.772. The number of hydrogen-bond acceptors (Lipinski definition) is 2. The van der Waals surface area contributed by atoms with E-state index >= 15 is 0 Å². The number of benzene rings is 2. The maximum Gasteiger partial charge on any atom is 0.150 e. The standard InChI is InChI=1S/C16H18BrNO/c1-3-11(2)12-4-7-14(8-5-12)19-16-9-6-13(17)10-15(16)18/h4-11H,3,18H2,1-2H3. The third-order valence-corrected chi connectivity index (χ3v) is 3.75. The lowest BCUT2D eigenvalue weighted by molar-refractivity contribution is 0.484. The molecular weight excluding hydrogens is 302 g/mol. The van der Waals surface area contributed by atoms with Gasteiger partial charge >= 0.3 is 0 Å². The maximum absolute atomic E-state index is 5.91. The molecule has 0 aliphatic rings. The van der Waals surface area contributed by atoms with Gasteiger partial charge in [0.25, 0.3) is 0 Å². The minimum Gasteiger partial charge on any atom is -0.455 e. The molecule has 100 valence electrons. The van der Waals surface area contributed by atoms with Gasteiger partial charge in [0.15, 0.2) is 0 Å². The number of halogens is 1. The van der Waals surface area contributed by atoms with Gasteiger partial charge in [-0.15, -0.1) is 0 Å². The Morgan fingerprint density at radius 1 is 1.16 bits per heavy atom. The number of nitrogen functional groups attached to an aromatic ring is 1. The first kappa shape index (κ1) is 13.9. The van der Waals surface area contributed by atoms with Gasteiger partial charge in [-0.3, -0.25) is 0 Å². The van der Waals surface area contributed by atoms with E-state index in [4.69, 9.17) is 10.5 Å². The summed E-state index contributed by atoms with van der Waals surface area (Å²) in [7, 11) is 0. The molecule has 2 nitrogen and oxygen atoms in total. The molecule has 0 aromatic heterocycles. The van der Waals surface area contributed by atoms with Crippen LogP contribution in [0.15, 0.2) is 46.9 Å². The van der Waals surface area contributed by atoms with Crippen LogP contribution in [0.3, 0.4) is 0 Å². The largest absolute Gasteiger partial charge is 0.455 e. The lowest BCUT2D eigenvalue weighted by Crippen LogP contribution is -1.93. The molecule has 19 heavy (non-hydrogen) atoms. The first-order valence-electron chi connectivity index (χ1n) is 6.43. The smallest absolute Gasteiger partial charge is 0.150 e. The van der Waals surface area contributed by atoms with Gasteiger partial charge < -0.3 is 10.5 Å². The van der Waals surface area contributed by atoms with Crippen LogP contribution >= 0.6 is 15.9 Å². The molecule has 2 aromatic rings. The number of ether oxygens (including phenoxy) is 1. The summed E-state index contributed by atoms with van der Waals surface area (Å²) in [6, 6.07) is 13.8. The zero-order valence-electron chi connectivity index (χ0n) is 11.2. The molecule has 0 radical (unpaired) electrons. The topological polar surface area (TPSA) is 35.2 Å².